The molecule has 0 aliphatic carbocycles. The minimum absolute atomic E-state index is 0.237. The number of amides is 1. The van der Waals surface area contributed by atoms with Gasteiger partial charge in [-0.05, 0) is 30.3 Å². The Morgan fingerprint density at radius 1 is 1.00 bits per heavy atom. The van der Waals surface area contributed by atoms with Crippen molar-refractivity contribution in [2.75, 3.05) is 5.32 Å². The summed E-state index contributed by atoms with van der Waals surface area (Å²) >= 11 is 0. The third kappa shape index (κ3) is 3.39. The smallest absolute Gasteiger partial charge is 0.258 e. The van der Waals surface area contributed by atoms with Crippen molar-refractivity contribution in [1.29, 1.82) is 5.26 Å². The fraction of sp³-hybridized carbons (Fsp3) is 0. The lowest BCUT2D eigenvalue weighted by Gasteiger charge is -2.06. The van der Waals surface area contributed by atoms with Gasteiger partial charge < -0.3 is 0 Å². The van der Waals surface area contributed by atoms with Crippen LogP contribution in [0.25, 0.3) is 11.3 Å². The molecule has 0 aliphatic rings. The highest BCUT2D eigenvalue weighted by molar-refractivity contribution is 6.03. The van der Waals surface area contributed by atoms with Gasteiger partial charge in [0.15, 0.2) is 0 Å². The van der Waals surface area contributed by atoms with Gasteiger partial charge in [0.25, 0.3) is 5.91 Å². The third-order valence-electron chi connectivity index (χ3n) is 3.23. The Hall–Kier alpha value is -3.52. The number of anilines is 1. The molecule has 3 aromatic rings. The second-order valence-electron chi connectivity index (χ2n) is 4.77. The second kappa shape index (κ2) is 6.50. The first-order valence-corrected chi connectivity index (χ1v) is 6.96. The van der Waals surface area contributed by atoms with Crippen molar-refractivity contribution in [2.24, 2.45) is 0 Å². The number of nitrogens with one attached hydrogen (secondary N) is 1. The molecule has 5 nitrogen and oxygen atoms in total. The lowest BCUT2D eigenvalue weighted by molar-refractivity contribution is 0.102. The largest absolute Gasteiger partial charge is 0.290 e. The molecular formula is C18H12N4O. The quantitative estimate of drug-likeness (QED) is 0.805. The average molecular weight is 300 g/mol. The van der Waals surface area contributed by atoms with Gasteiger partial charge in [-0.3, -0.25) is 10.1 Å². The van der Waals surface area contributed by atoms with Crippen molar-refractivity contribution >= 4 is 11.9 Å². The fourth-order valence-corrected chi connectivity index (χ4v) is 2.06. The van der Waals surface area contributed by atoms with Crippen LogP contribution in [0, 0.1) is 11.3 Å². The maximum atomic E-state index is 12.1. The van der Waals surface area contributed by atoms with E-state index in [4.69, 9.17) is 5.26 Å². The van der Waals surface area contributed by atoms with Crippen molar-refractivity contribution < 1.29 is 4.79 Å². The van der Waals surface area contributed by atoms with E-state index >= 15 is 0 Å². The molecule has 0 saturated heterocycles. The summed E-state index contributed by atoms with van der Waals surface area (Å²) in [5, 5.41) is 11.5. The first-order chi connectivity index (χ1) is 11.3. The van der Waals surface area contributed by atoms with Gasteiger partial charge in [0, 0.05) is 17.3 Å². The molecule has 1 heterocycles. The van der Waals surface area contributed by atoms with Crippen molar-refractivity contribution in [3.8, 4) is 17.3 Å². The predicted octanol–water partition coefficient (Wildman–Crippen LogP) is 3.27. The van der Waals surface area contributed by atoms with Gasteiger partial charge in [0.2, 0.25) is 5.95 Å². The molecule has 1 amide bonds. The predicted molar refractivity (Wildman–Crippen MR) is 86.6 cm³/mol. The summed E-state index contributed by atoms with van der Waals surface area (Å²) in [7, 11) is 0. The van der Waals surface area contributed by atoms with Crippen LogP contribution in [0.3, 0.4) is 0 Å². The van der Waals surface area contributed by atoms with Crippen LogP contribution < -0.4 is 5.32 Å². The van der Waals surface area contributed by atoms with E-state index in [2.05, 4.69) is 21.4 Å². The van der Waals surface area contributed by atoms with Crippen LogP contribution in [0.2, 0.25) is 0 Å². The number of carbonyl (C=O) groups excluding carboxylic acids is 1. The van der Waals surface area contributed by atoms with Crippen LogP contribution >= 0.6 is 0 Å². The Balaban J connectivity index is 1.82. The van der Waals surface area contributed by atoms with E-state index in [1.54, 1.807) is 48.7 Å². The first-order valence-electron chi connectivity index (χ1n) is 6.96. The molecule has 110 valence electrons. The molecule has 1 aromatic heterocycles. The molecule has 3 rings (SSSR count). The van der Waals surface area contributed by atoms with E-state index in [-0.39, 0.29) is 11.9 Å². The van der Waals surface area contributed by atoms with E-state index in [0.29, 0.717) is 16.8 Å². The lowest BCUT2D eigenvalue weighted by atomic mass is 10.1. The molecule has 2 aromatic carbocycles. The SMILES string of the molecule is N#Cc1ccc(-c2ccnc(NC(=O)c3ccccc3)n2)cc1. The van der Waals surface area contributed by atoms with Gasteiger partial charge in [0.05, 0.1) is 17.3 Å². The fourth-order valence-electron chi connectivity index (χ4n) is 2.06. The monoisotopic (exact) mass is 300 g/mol. The van der Waals surface area contributed by atoms with E-state index in [9.17, 15) is 4.79 Å². The summed E-state index contributed by atoms with van der Waals surface area (Å²) in [6.45, 7) is 0. The topological polar surface area (TPSA) is 78.7 Å². The van der Waals surface area contributed by atoms with Crippen LogP contribution in [0.15, 0.2) is 66.9 Å². The Morgan fingerprint density at radius 3 is 2.43 bits per heavy atom. The van der Waals surface area contributed by atoms with Gasteiger partial charge in [0.1, 0.15) is 0 Å². The van der Waals surface area contributed by atoms with Gasteiger partial charge >= 0.3 is 0 Å². The molecule has 0 fully saturated rings. The molecule has 5 heteroatoms. The molecule has 0 saturated carbocycles. The molecular weight excluding hydrogens is 288 g/mol. The van der Waals surface area contributed by atoms with Gasteiger partial charge in [-0.15, -0.1) is 0 Å². The van der Waals surface area contributed by atoms with Crippen LogP contribution in [-0.4, -0.2) is 15.9 Å². The number of aromatic nitrogens is 2. The molecule has 0 bridgehead atoms. The van der Waals surface area contributed by atoms with Crippen LogP contribution in [-0.2, 0) is 0 Å². The van der Waals surface area contributed by atoms with Gasteiger partial charge in [-0.2, -0.15) is 5.26 Å². The molecule has 0 unspecified atom stereocenters. The number of nitrogens with zero attached hydrogens (tertiary/aromatic N) is 3. The number of carbonyl (C=O) groups is 1. The summed E-state index contributed by atoms with van der Waals surface area (Å²) in [6.07, 6.45) is 1.58. The van der Waals surface area contributed by atoms with Crippen LogP contribution in [0.1, 0.15) is 15.9 Å². The van der Waals surface area contributed by atoms with Crippen molar-refractivity contribution in [1.82, 2.24) is 9.97 Å². The van der Waals surface area contributed by atoms with E-state index in [1.807, 2.05) is 18.2 Å². The average Bonchev–Trinajstić information content (AvgIpc) is 2.63. The number of rotatable bonds is 3. The second-order valence-corrected chi connectivity index (χ2v) is 4.77. The number of benzene rings is 2. The maximum absolute atomic E-state index is 12.1. The van der Waals surface area contributed by atoms with E-state index in [1.165, 1.54) is 0 Å². The van der Waals surface area contributed by atoms with Crippen LogP contribution in [0.4, 0.5) is 5.95 Å². The number of nitriles is 1. The summed E-state index contributed by atoms with van der Waals surface area (Å²) in [4.78, 5) is 20.5. The minimum atomic E-state index is -0.262. The summed E-state index contributed by atoms with van der Waals surface area (Å²) < 4.78 is 0. The molecule has 0 aliphatic heterocycles. The van der Waals surface area contributed by atoms with Crippen molar-refractivity contribution in [3.63, 3.8) is 0 Å². The van der Waals surface area contributed by atoms with Crippen molar-refractivity contribution in [3.05, 3.63) is 78.0 Å². The third-order valence-corrected chi connectivity index (χ3v) is 3.23. The minimum Gasteiger partial charge on any atom is -0.290 e. The zero-order valence-corrected chi connectivity index (χ0v) is 12.1. The Kier molecular flexibility index (Phi) is 4.07. The Morgan fingerprint density at radius 2 is 1.74 bits per heavy atom. The Bertz CT molecular complexity index is 868. The zero-order valence-electron chi connectivity index (χ0n) is 12.1. The van der Waals surface area contributed by atoms with E-state index < -0.39 is 0 Å². The summed E-state index contributed by atoms with van der Waals surface area (Å²) in [5.41, 5.74) is 2.65. The standard InChI is InChI=1S/C18H12N4O/c19-12-13-6-8-14(9-7-13)16-10-11-20-18(21-16)22-17(23)15-4-2-1-3-5-15/h1-11H,(H,20,21,22,23). The lowest BCUT2D eigenvalue weighted by Crippen LogP contribution is -2.14. The highest BCUT2D eigenvalue weighted by Gasteiger charge is 2.08. The van der Waals surface area contributed by atoms with Gasteiger partial charge in [-0.25, -0.2) is 9.97 Å². The highest BCUT2D eigenvalue weighted by atomic mass is 16.1. The maximum Gasteiger partial charge on any atom is 0.258 e. The zero-order chi connectivity index (χ0) is 16.1. The highest BCUT2D eigenvalue weighted by Crippen LogP contribution is 2.18. The molecule has 23 heavy (non-hydrogen) atoms. The van der Waals surface area contributed by atoms with E-state index in [0.717, 1.165) is 5.56 Å². The summed E-state index contributed by atoms with van der Waals surface area (Å²) in [6, 6.07) is 19.8. The molecule has 0 spiro atoms. The number of hydrogen-bond acceptors (Lipinski definition) is 4. The molecule has 1 N–H and O–H groups in total. The molecule has 0 radical (unpaired) electrons. The van der Waals surface area contributed by atoms with Gasteiger partial charge in [-0.1, -0.05) is 30.3 Å². The summed E-state index contributed by atoms with van der Waals surface area (Å²) in [5.74, 6) is -0.0247. The normalized spacial score (nSPS) is 9.87. The van der Waals surface area contributed by atoms with Crippen LogP contribution in [0.5, 0.6) is 0 Å². The Labute approximate surface area is 133 Å². The first kappa shape index (κ1) is 14.4. The number of hydrogen-bond donors (Lipinski definition) is 1. The molecule has 0 atom stereocenters. The van der Waals surface area contributed by atoms with Crippen molar-refractivity contribution in [2.45, 2.75) is 0 Å².